The smallest absolute Gasteiger partial charge is 0.0386 e. The van der Waals surface area contributed by atoms with Crippen molar-refractivity contribution in [2.75, 3.05) is 12.8 Å². The first kappa shape index (κ1) is 14.4. The molecule has 1 N–H and O–H groups in total. The van der Waals surface area contributed by atoms with Gasteiger partial charge in [0.2, 0.25) is 0 Å². The van der Waals surface area contributed by atoms with Crippen molar-refractivity contribution in [1.82, 2.24) is 5.32 Å². The van der Waals surface area contributed by atoms with Crippen molar-refractivity contribution < 1.29 is 0 Å². The zero-order valence-electron chi connectivity index (χ0n) is 12.0. The van der Waals surface area contributed by atoms with Crippen molar-refractivity contribution in [2.45, 2.75) is 57.2 Å². The molecule has 1 aromatic heterocycles. The summed E-state index contributed by atoms with van der Waals surface area (Å²) in [4.78, 5) is 3.17. The maximum absolute atomic E-state index is 3.69. The predicted octanol–water partition coefficient (Wildman–Crippen LogP) is 4.42. The summed E-state index contributed by atoms with van der Waals surface area (Å²) in [6, 6.07) is 2.94. The van der Waals surface area contributed by atoms with Crippen molar-refractivity contribution >= 4 is 23.1 Å². The van der Waals surface area contributed by atoms with Gasteiger partial charge in [0.15, 0.2) is 0 Å². The molecule has 0 bridgehead atoms. The molecule has 0 aromatic carbocycles. The Bertz CT molecular complexity index is 372. The first-order valence-electron chi connectivity index (χ1n) is 6.92. The predicted molar refractivity (Wildman–Crippen MR) is 85.0 cm³/mol. The third kappa shape index (κ3) is 3.52. The maximum Gasteiger partial charge on any atom is 0.0386 e. The van der Waals surface area contributed by atoms with Gasteiger partial charge in [0.1, 0.15) is 0 Å². The minimum absolute atomic E-state index is 0.325. The van der Waals surface area contributed by atoms with E-state index in [1.54, 1.807) is 10.4 Å². The molecule has 102 valence electrons. The van der Waals surface area contributed by atoms with Gasteiger partial charge < -0.3 is 5.32 Å². The molecule has 0 fully saturated rings. The van der Waals surface area contributed by atoms with E-state index in [9.17, 15) is 0 Å². The van der Waals surface area contributed by atoms with E-state index in [4.69, 9.17) is 0 Å². The first-order valence-corrected chi connectivity index (χ1v) is 8.96. The maximum atomic E-state index is 3.69. The van der Waals surface area contributed by atoms with Crippen LogP contribution in [0.2, 0.25) is 0 Å². The lowest BCUT2D eigenvalue weighted by Crippen LogP contribution is -2.33. The van der Waals surface area contributed by atoms with Gasteiger partial charge >= 0.3 is 0 Å². The van der Waals surface area contributed by atoms with E-state index in [0.717, 1.165) is 6.54 Å². The number of nitrogens with one attached hydrogen (secondary N) is 1. The number of fused-ring (bicyclic) bond motifs is 1. The molecule has 2 rings (SSSR count). The summed E-state index contributed by atoms with van der Waals surface area (Å²) >= 11 is 3.96. The Morgan fingerprint density at radius 1 is 1.39 bits per heavy atom. The Morgan fingerprint density at radius 2 is 2.11 bits per heavy atom. The van der Waals surface area contributed by atoms with E-state index >= 15 is 0 Å². The van der Waals surface area contributed by atoms with E-state index in [1.165, 1.54) is 30.6 Å². The number of hydrogen-bond donors (Lipinski definition) is 1. The molecule has 0 saturated heterocycles. The Balaban J connectivity index is 1.96. The highest BCUT2D eigenvalue weighted by molar-refractivity contribution is 7.99. The summed E-state index contributed by atoms with van der Waals surface area (Å²) in [6.07, 6.45) is 7.56. The topological polar surface area (TPSA) is 12.0 Å². The molecule has 1 atom stereocenters. The lowest BCUT2D eigenvalue weighted by molar-refractivity contribution is 0.527. The fraction of sp³-hybridized carbons (Fsp3) is 0.733. The van der Waals surface area contributed by atoms with Gasteiger partial charge in [-0.1, -0.05) is 0 Å². The second kappa shape index (κ2) is 5.98. The van der Waals surface area contributed by atoms with Gasteiger partial charge in [-0.05, 0) is 64.3 Å². The minimum atomic E-state index is 0.325. The van der Waals surface area contributed by atoms with Crippen LogP contribution >= 0.6 is 23.1 Å². The molecule has 0 aliphatic heterocycles. The fourth-order valence-corrected chi connectivity index (χ4v) is 3.81. The third-order valence-electron chi connectivity index (χ3n) is 3.83. The molecule has 1 aromatic rings. The number of hydrogen-bond acceptors (Lipinski definition) is 3. The van der Waals surface area contributed by atoms with Crippen LogP contribution in [0.25, 0.3) is 0 Å². The van der Waals surface area contributed by atoms with Crippen LogP contribution in [0.1, 0.15) is 55.0 Å². The van der Waals surface area contributed by atoms with Crippen LogP contribution in [0.5, 0.6) is 0 Å². The highest BCUT2D eigenvalue weighted by atomic mass is 32.2. The van der Waals surface area contributed by atoms with Gasteiger partial charge in [-0.25, -0.2) is 0 Å². The van der Waals surface area contributed by atoms with Crippen LogP contribution in [0.4, 0.5) is 0 Å². The molecular weight excluding hydrogens is 258 g/mol. The average molecular weight is 284 g/mol. The summed E-state index contributed by atoms with van der Waals surface area (Å²) in [5.74, 6) is 0. The average Bonchev–Trinajstić information content (AvgIpc) is 2.80. The summed E-state index contributed by atoms with van der Waals surface area (Å²) in [5.41, 5.74) is 1.62. The Kier molecular flexibility index (Phi) is 4.79. The van der Waals surface area contributed by atoms with E-state index < -0.39 is 0 Å². The molecule has 3 heteroatoms. The summed E-state index contributed by atoms with van der Waals surface area (Å²) in [5, 5.41) is 3.69. The molecule has 0 saturated carbocycles. The van der Waals surface area contributed by atoms with Crippen molar-refractivity contribution in [3.8, 4) is 0 Å². The van der Waals surface area contributed by atoms with Crippen molar-refractivity contribution in [1.29, 1.82) is 0 Å². The van der Waals surface area contributed by atoms with Gasteiger partial charge in [-0.2, -0.15) is 11.8 Å². The largest absolute Gasteiger partial charge is 0.308 e. The molecule has 18 heavy (non-hydrogen) atoms. The van der Waals surface area contributed by atoms with Gasteiger partial charge in [-0.3, -0.25) is 0 Å². The molecular formula is C15H25NS2. The molecule has 0 spiro atoms. The van der Waals surface area contributed by atoms with Gasteiger partial charge in [0, 0.05) is 27.1 Å². The van der Waals surface area contributed by atoms with Crippen molar-refractivity contribution in [3.05, 3.63) is 21.4 Å². The summed E-state index contributed by atoms with van der Waals surface area (Å²) in [6.45, 7) is 7.97. The summed E-state index contributed by atoms with van der Waals surface area (Å²) in [7, 11) is 0. The molecule has 0 amide bonds. The highest BCUT2D eigenvalue weighted by Gasteiger charge is 2.20. The Morgan fingerprint density at radius 3 is 2.78 bits per heavy atom. The SMILES string of the molecule is CSC(C)(C)CNC(C)c1cc2c(s1)CCCC2. The number of thioether (sulfide) groups is 1. The molecule has 1 aliphatic rings. The van der Waals surface area contributed by atoms with Crippen LogP contribution in [-0.2, 0) is 12.8 Å². The lowest BCUT2D eigenvalue weighted by atomic mass is 9.99. The van der Waals surface area contributed by atoms with Crippen LogP contribution in [0, 0.1) is 0 Å². The van der Waals surface area contributed by atoms with Crippen LogP contribution in [0.3, 0.4) is 0 Å². The van der Waals surface area contributed by atoms with Crippen LogP contribution in [-0.4, -0.2) is 17.5 Å². The third-order valence-corrected chi connectivity index (χ3v) is 6.50. The first-order chi connectivity index (χ1) is 8.52. The highest BCUT2D eigenvalue weighted by Crippen LogP contribution is 2.33. The lowest BCUT2D eigenvalue weighted by Gasteiger charge is -2.24. The van der Waals surface area contributed by atoms with E-state index in [1.807, 2.05) is 23.1 Å². The monoisotopic (exact) mass is 283 g/mol. The number of rotatable bonds is 5. The van der Waals surface area contributed by atoms with Gasteiger partial charge in [0.05, 0.1) is 0 Å². The second-order valence-corrected chi connectivity index (χ2v) is 8.55. The quantitative estimate of drug-likeness (QED) is 0.858. The Hall–Kier alpha value is 0.01000. The standard InChI is InChI=1S/C15H25NS2/c1-11(16-10-15(2,3)17-4)14-9-12-7-5-6-8-13(12)18-14/h9,11,16H,5-8,10H2,1-4H3. The molecule has 1 nitrogen and oxygen atoms in total. The number of thiophene rings is 1. The fourth-order valence-electron chi connectivity index (χ4n) is 2.30. The zero-order valence-corrected chi connectivity index (χ0v) is 13.6. The van der Waals surface area contributed by atoms with Crippen molar-refractivity contribution in [3.63, 3.8) is 0 Å². The molecule has 1 unspecified atom stereocenters. The van der Waals surface area contributed by atoms with Crippen LogP contribution in [0.15, 0.2) is 6.07 Å². The normalized spacial score (nSPS) is 17.6. The molecule has 0 radical (unpaired) electrons. The van der Waals surface area contributed by atoms with Gasteiger partial charge in [0.25, 0.3) is 0 Å². The van der Waals surface area contributed by atoms with E-state index in [-0.39, 0.29) is 0 Å². The Labute approximate surface area is 120 Å². The van der Waals surface area contributed by atoms with E-state index in [2.05, 4.69) is 38.4 Å². The molecule has 1 aliphatic carbocycles. The van der Waals surface area contributed by atoms with E-state index in [0.29, 0.717) is 10.8 Å². The van der Waals surface area contributed by atoms with Crippen molar-refractivity contribution in [2.24, 2.45) is 0 Å². The van der Waals surface area contributed by atoms with Gasteiger partial charge in [-0.15, -0.1) is 11.3 Å². The molecule has 1 heterocycles. The van der Waals surface area contributed by atoms with Crippen LogP contribution < -0.4 is 5.32 Å². The summed E-state index contributed by atoms with van der Waals surface area (Å²) < 4.78 is 0.325. The second-order valence-electron chi connectivity index (χ2n) is 5.87. The zero-order chi connectivity index (χ0) is 13.2. The number of aryl methyl sites for hydroxylation is 2. The minimum Gasteiger partial charge on any atom is -0.308 e.